The summed E-state index contributed by atoms with van der Waals surface area (Å²) in [5.74, 6) is 0. The van der Waals surface area contributed by atoms with Crippen molar-refractivity contribution in [1.82, 2.24) is 4.57 Å². The second kappa shape index (κ2) is 5.73. The third-order valence-electron chi connectivity index (χ3n) is 2.81. The average molecular weight is 329 g/mol. The van der Waals surface area contributed by atoms with Gasteiger partial charge in [-0.15, -0.1) is 0 Å². The molecule has 0 unspecified atom stereocenters. The van der Waals surface area contributed by atoms with Gasteiger partial charge in [-0.05, 0) is 18.2 Å². The first kappa shape index (κ1) is 18.2. The largest absolute Gasteiger partial charge is 1.00 e. The van der Waals surface area contributed by atoms with E-state index in [0.717, 1.165) is 16.7 Å². The molecule has 2 rings (SSSR count). The maximum Gasteiger partial charge on any atom is 1.00 e. The first-order chi connectivity index (χ1) is 9.01. The molecule has 5 nitrogen and oxygen atoms in total. The molecule has 1 heterocycles. The van der Waals surface area contributed by atoms with Crippen LogP contribution in [0.3, 0.4) is 0 Å². The van der Waals surface area contributed by atoms with Crippen LogP contribution < -0.4 is 35.1 Å². The van der Waals surface area contributed by atoms with Gasteiger partial charge in [-0.1, -0.05) is 0 Å². The van der Waals surface area contributed by atoms with Gasteiger partial charge in [0.15, 0.2) is 0 Å². The fraction of sp³-hybridized carbons (Fsp3) is 0.182. The van der Waals surface area contributed by atoms with Gasteiger partial charge in [0.1, 0.15) is 10.1 Å². The van der Waals surface area contributed by atoms with Gasteiger partial charge in [-0.3, -0.25) is 4.79 Å². The molecular formula is C11H7F3NNaO4S. The molecule has 0 aliphatic heterocycles. The summed E-state index contributed by atoms with van der Waals surface area (Å²) in [6.45, 7) is 0. The van der Waals surface area contributed by atoms with E-state index in [2.05, 4.69) is 0 Å². The van der Waals surface area contributed by atoms with Crippen LogP contribution in [0.1, 0.15) is 5.56 Å². The number of alkyl halides is 3. The molecule has 0 amide bonds. The number of rotatable bonds is 1. The van der Waals surface area contributed by atoms with Gasteiger partial charge >= 0.3 is 35.7 Å². The van der Waals surface area contributed by atoms with E-state index in [1.54, 1.807) is 0 Å². The topological polar surface area (TPSA) is 79.2 Å². The number of fused-ring (bicyclic) bond motifs is 1. The second-order valence-corrected chi connectivity index (χ2v) is 5.47. The minimum atomic E-state index is -4.88. The van der Waals surface area contributed by atoms with E-state index in [4.69, 9.17) is 0 Å². The monoisotopic (exact) mass is 329 g/mol. The summed E-state index contributed by atoms with van der Waals surface area (Å²) in [4.78, 5) is 10.7. The van der Waals surface area contributed by atoms with Crippen molar-refractivity contribution >= 4 is 21.0 Å². The number of hydrogen-bond acceptors (Lipinski definition) is 4. The van der Waals surface area contributed by atoms with Gasteiger partial charge in [-0.25, -0.2) is 8.42 Å². The Hall–Kier alpha value is -0.870. The number of pyridine rings is 1. The average Bonchev–Trinajstić information content (AvgIpc) is 2.30. The molecular weight excluding hydrogens is 322 g/mol. The summed E-state index contributed by atoms with van der Waals surface area (Å²) < 4.78 is 72.2. The van der Waals surface area contributed by atoms with E-state index in [1.165, 1.54) is 7.05 Å². The zero-order valence-corrected chi connectivity index (χ0v) is 13.7. The molecule has 21 heavy (non-hydrogen) atoms. The molecule has 0 aliphatic carbocycles. The molecule has 0 fully saturated rings. The summed E-state index contributed by atoms with van der Waals surface area (Å²) in [6, 6.07) is 2.85. The Labute approximate surface area is 139 Å². The molecule has 0 atom stereocenters. The maximum atomic E-state index is 12.9. The standard InChI is InChI=1S/C11H8F3NO4S.Na/c1-15-9-3-2-6(20(17,18)19)4-7(9)8(5-10(15)16)11(12,13)14;/h2-5H,1H3,(H,17,18,19);/q;+1/p-1. The van der Waals surface area contributed by atoms with Crippen LogP contribution in [0.25, 0.3) is 10.9 Å². The van der Waals surface area contributed by atoms with Crippen LogP contribution in [0.15, 0.2) is 34.0 Å². The Kier molecular flexibility index (Phi) is 4.96. The number of hydrogen-bond donors (Lipinski definition) is 0. The number of benzene rings is 1. The van der Waals surface area contributed by atoms with E-state index >= 15 is 0 Å². The molecule has 108 valence electrons. The number of nitrogens with zero attached hydrogens (tertiary/aromatic N) is 1. The number of aromatic nitrogens is 1. The number of halogens is 3. The predicted molar refractivity (Wildman–Crippen MR) is 62.2 cm³/mol. The SMILES string of the molecule is Cn1c(=O)cc(C(F)(F)F)c2cc(S(=O)(=O)[O-])ccc21.[Na+]. The quantitative estimate of drug-likeness (QED) is 0.469. The van der Waals surface area contributed by atoms with Crippen molar-refractivity contribution in [3.8, 4) is 0 Å². The van der Waals surface area contributed by atoms with Crippen LogP contribution in [0, 0.1) is 0 Å². The van der Waals surface area contributed by atoms with Crippen molar-refractivity contribution in [2.45, 2.75) is 11.1 Å². The van der Waals surface area contributed by atoms with Crippen molar-refractivity contribution < 1.29 is 55.7 Å². The van der Waals surface area contributed by atoms with E-state index in [1.807, 2.05) is 0 Å². The zero-order valence-electron chi connectivity index (χ0n) is 10.9. The first-order valence-corrected chi connectivity index (χ1v) is 6.59. The predicted octanol–water partition coefficient (Wildman–Crippen LogP) is -1.53. The molecule has 2 aromatic rings. The molecule has 0 radical (unpaired) electrons. The van der Waals surface area contributed by atoms with Gasteiger partial charge in [0, 0.05) is 18.5 Å². The van der Waals surface area contributed by atoms with Gasteiger partial charge < -0.3 is 9.12 Å². The Morgan fingerprint density at radius 1 is 1.19 bits per heavy atom. The van der Waals surface area contributed by atoms with E-state index in [9.17, 15) is 30.9 Å². The van der Waals surface area contributed by atoms with Gasteiger partial charge in [-0.2, -0.15) is 13.2 Å². The molecule has 10 heteroatoms. The van der Waals surface area contributed by atoms with E-state index < -0.39 is 37.7 Å². The molecule has 0 bridgehead atoms. The molecule has 1 aromatic carbocycles. The van der Waals surface area contributed by atoms with Crippen molar-refractivity contribution in [1.29, 1.82) is 0 Å². The minimum Gasteiger partial charge on any atom is -0.744 e. The van der Waals surface area contributed by atoms with Gasteiger partial charge in [0.2, 0.25) is 0 Å². The smallest absolute Gasteiger partial charge is 0.744 e. The zero-order chi connectivity index (χ0) is 15.3. The number of aryl methyl sites for hydroxylation is 1. The molecule has 0 saturated heterocycles. The normalized spacial score (nSPS) is 12.2. The molecule has 0 saturated carbocycles. The van der Waals surface area contributed by atoms with Crippen LogP contribution in [-0.4, -0.2) is 17.5 Å². The minimum absolute atomic E-state index is 0. The summed E-state index contributed by atoms with van der Waals surface area (Å²) in [5, 5.41) is -0.517. The maximum absolute atomic E-state index is 12.9. The van der Waals surface area contributed by atoms with Crippen LogP contribution in [0.5, 0.6) is 0 Å². The first-order valence-electron chi connectivity index (χ1n) is 5.19. The van der Waals surface area contributed by atoms with E-state index in [-0.39, 0.29) is 35.1 Å². The van der Waals surface area contributed by atoms with Crippen LogP contribution >= 0.6 is 0 Å². The van der Waals surface area contributed by atoms with Crippen molar-refractivity contribution in [2.24, 2.45) is 7.05 Å². The molecule has 0 spiro atoms. The Bertz CT molecular complexity index is 858. The fourth-order valence-corrected chi connectivity index (χ4v) is 2.33. The summed E-state index contributed by atoms with van der Waals surface area (Å²) >= 11 is 0. The third kappa shape index (κ3) is 3.49. The van der Waals surface area contributed by atoms with Crippen molar-refractivity contribution in [2.75, 3.05) is 0 Å². The Morgan fingerprint density at radius 2 is 1.76 bits per heavy atom. The Balaban J connectivity index is 0.00000220. The third-order valence-corrected chi connectivity index (χ3v) is 3.64. The Morgan fingerprint density at radius 3 is 2.24 bits per heavy atom. The summed E-state index contributed by atoms with van der Waals surface area (Å²) in [6.07, 6.45) is -4.84. The summed E-state index contributed by atoms with van der Waals surface area (Å²) in [5.41, 5.74) is -2.28. The van der Waals surface area contributed by atoms with Crippen LogP contribution in [0.2, 0.25) is 0 Å². The molecule has 0 N–H and O–H groups in total. The van der Waals surface area contributed by atoms with Gasteiger partial charge in [0.25, 0.3) is 5.56 Å². The van der Waals surface area contributed by atoms with Crippen molar-refractivity contribution in [3.05, 3.63) is 40.2 Å². The summed E-state index contributed by atoms with van der Waals surface area (Å²) in [7, 11) is -3.64. The van der Waals surface area contributed by atoms with Crippen LogP contribution in [-0.2, 0) is 23.3 Å². The second-order valence-electron chi connectivity index (χ2n) is 4.09. The van der Waals surface area contributed by atoms with Crippen molar-refractivity contribution in [3.63, 3.8) is 0 Å². The van der Waals surface area contributed by atoms with Gasteiger partial charge in [0.05, 0.1) is 16.0 Å². The fourth-order valence-electron chi connectivity index (χ4n) is 1.83. The molecule has 0 aliphatic rings. The molecule has 1 aromatic heterocycles. The van der Waals surface area contributed by atoms with Crippen LogP contribution in [0.4, 0.5) is 13.2 Å². The van der Waals surface area contributed by atoms with E-state index in [0.29, 0.717) is 12.1 Å².